The van der Waals surface area contributed by atoms with E-state index in [4.69, 9.17) is 0 Å². The number of nitrogens with zero attached hydrogens (tertiary/aromatic N) is 5. The highest BCUT2D eigenvalue weighted by Crippen LogP contribution is 2.12. The molecule has 0 radical (unpaired) electrons. The van der Waals surface area contributed by atoms with Crippen LogP contribution in [0.1, 0.15) is 5.69 Å². The Kier molecular flexibility index (Phi) is 1.96. The second kappa shape index (κ2) is 3.44. The summed E-state index contributed by atoms with van der Waals surface area (Å²) in [6, 6.07) is 8.06. The second-order valence-electron chi connectivity index (χ2n) is 3.74. The number of hydrogen-bond acceptors (Lipinski definition) is 3. The molecule has 0 aliphatic carbocycles. The largest absolute Gasteiger partial charge is 0.324 e. The van der Waals surface area contributed by atoms with Gasteiger partial charge in [0.25, 0.3) is 0 Å². The maximum absolute atomic E-state index is 4.33. The molecule has 2 heterocycles. The minimum Gasteiger partial charge on any atom is -0.324 e. The van der Waals surface area contributed by atoms with Crippen LogP contribution >= 0.6 is 0 Å². The predicted molar refractivity (Wildman–Crippen MR) is 59.8 cm³/mol. The quantitative estimate of drug-likeness (QED) is 0.643. The molecule has 80 valence electrons. The zero-order valence-corrected chi connectivity index (χ0v) is 8.91. The Morgan fingerprint density at radius 3 is 2.94 bits per heavy atom. The molecule has 1 aromatic carbocycles. The molecular weight excluding hydrogens is 202 g/mol. The molecule has 0 unspecified atom stereocenters. The van der Waals surface area contributed by atoms with Crippen molar-refractivity contribution in [1.82, 2.24) is 24.5 Å². The smallest absolute Gasteiger partial charge is 0.102 e. The molecule has 3 rings (SSSR count). The number of benzene rings is 1. The summed E-state index contributed by atoms with van der Waals surface area (Å²) >= 11 is 0. The third kappa shape index (κ3) is 1.46. The molecule has 0 amide bonds. The van der Waals surface area contributed by atoms with Crippen LogP contribution < -0.4 is 0 Å². The van der Waals surface area contributed by atoms with E-state index in [9.17, 15) is 0 Å². The molecule has 0 fully saturated rings. The Hall–Kier alpha value is -2.17. The van der Waals surface area contributed by atoms with Crippen LogP contribution in [0.25, 0.3) is 11.0 Å². The summed E-state index contributed by atoms with van der Waals surface area (Å²) in [4.78, 5) is 4.33. The standard InChI is InChI=1S/C11H11N5/c1-15-6-9(13-14-15)7-16-8-12-10-4-2-3-5-11(10)16/h2-6,8H,7H2,1H3. The average Bonchev–Trinajstić information content (AvgIpc) is 2.87. The van der Waals surface area contributed by atoms with E-state index in [0.29, 0.717) is 6.54 Å². The number of imidazole rings is 1. The summed E-state index contributed by atoms with van der Waals surface area (Å²) in [7, 11) is 1.86. The van der Waals surface area contributed by atoms with Crippen molar-refractivity contribution in [3.05, 3.63) is 42.5 Å². The summed E-state index contributed by atoms with van der Waals surface area (Å²) in [5, 5.41) is 7.97. The van der Waals surface area contributed by atoms with E-state index in [1.807, 2.05) is 37.8 Å². The minimum atomic E-state index is 0.703. The number of hydrogen-bond donors (Lipinski definition) is 0. The molecule has 0 saturated heterocycles. The number of para-hydroxylation sites is 2. The Balaban J connectivity index is 2.00. The molecule has 0 aliphatic rings. The van der Waals surface area contributed by atoms with Crippen LogP contribution in [0.3, 0.4) is 0 Å². The number of fused-ring (bicyclic) bond motifs is 1. The lowest BCUT2D eigenvalue weighted by Crippen LogP contribution is -1.98. The Bertz CT molecular complexity index is 622. The summed E-state index contributed by atoms with van der Waals surface area (Å²) in [5.74, 6) is 0. The van der Waals surface area contributed by atoms with E-state index >= 15 is 0 Å². The fraction of sp³-hybridized carbons (Fsp3) is 0.182. The molecule has 16 heavy (non-hydrogen) atoms. The Morgan fingerprint density at radius 1 is 1.25 bits per heavy atom. The topological polar surface area (TPSA) is 48.5 Å². The first-order valence-electron chi connectivity index (χ1n) is 5.08. The van der Waals surface area contributed by atoms with Gasteiger partial charge in [-0.2, -0.15) is 0 Å². The van der Waals surface area contributed by atoms with Crippen LogP contribution in [0.15, 0.2) is 36.8 Å². The molecular formula is C11H11N5. The molecule has 3 aromatic rings. The van der Waals surface area contributed by atoms with Gasteiger partial charge < -0.3 is 4.57 Å². The molecule has 0 spiro atoms. The maximum Gasteiger partial charge on any atom is 0.102 e. The molecule has 0 bridgehead atoms. The van der Waals surface area contributed by atoms with Gasteiger partial charge in [-0.25, -0.2) is 4.98 Å². The third-order valence-corrected chi connectivity index (χ3v) is 2.51. The van der Waals surface area contributed by atoms with Gasteiger partial charge in [-0.3, -0.25) is 4.68 Å². The van der Waals surface area contributed by atoms with Crippen LogP contribution in [0.4, 0.5) is 0 Å². The first-order valence-corrected chi connectivity index (χ1v) is 5.08. The van der Waals surface area contributed by atoms with Gasteiger partial charge in [-0.15, -0.1) is 5.10 Å². The van der Waals surface area contributed by atoms with Crippen LogP contribution in [-0.2, 0) is 13.6 Å². The van der Waals surface area contributed by atoms with Crippen molar-refractivity contribution in [2.45, 2.75) is 6.54 Å². The number of rotatable bonds is 2. The Labute approximate surface area is 92.3 Å². The van der Waals surface area contributed by atoms with Gasteiger partial charge in [-0.05, 0) is 12.1 Å². The van der Waals surface area contributed by atoms with Gasteiger partial charge in [0, 0.05) is 13.2 Å². The van der Waals surface area contributed by atoms with Crippen LogP contribution in [0.2, 0.25) is 0 Å². The van der Waals surface area contributed by atoms with Crippen molar-refractivity contribution in [2.24, 2.45) is 7.05 Å². The van der Waals surface area contributed by atoms with E-state index in [2.05, 4.69) is 25.9 Å². The van der Waals surface area contributed by atoms with Crippen molar-refractivity contribution >= 4 is 11.0 Å². The summed E-state index contributed by atoms with van der Waals surface area (Å²) in [5.41, 5.74) is 3.06. The fourth-order valence-electron chi connectivity index (χ4n) is 1.78. The Morgan fingerprint density at radius 2 is 2.12 bits per heavy atom. The van der Waals surface area contributed by atoms with Crippen LogP contribution in [0.5, 0.6) is 0 Å². The average molecular weight is 213 g/mol. The molecule has 0 saturated carbocycles. The molecule has 2 aromatic heterocycles. The lowest BCUT2D eigenvalue weighted by atomic mass is 10.3. The zero-order valence-electron chi connectivity index (χ0n) is 8.91. The van der Waals surface area contributed by atoms with Crippen LogP contribution in [-0.4, -0.2) is 24.5 Å². The molecule has 0 atom stereocenters. The first kappa shape index (κ1) is 9.08. The molecule has 5 nitrogen and oxygen atoms in total. The van der Waals surface area contributed by atoms with Gasteiger partial charge in [0.15, 0.2) is 0 Å². The lowest BCUT2D eigenvalue weighted by Gasteiger charge is -1.99. The molecule has 0 aliphatic heterocycles. The van der Waals surface area contributed by atoms with E-state index in [1.54, 1.807) is 4.68 Å². The lowest BCUT2D eigenvalue weighted by molar-refractivity contribution is 0.710. The maximum atomic E-state index is 4.33. The van der Waals surface area contributed by atoms with Crippen LogP contribution in [0, 0.1) is 0 Å². The minimum absolute atomic E-state index is 0.703. The monoisotopic (exact) mass is 213 g/mol. The summed E-state index contributed by atoms with van der Waals surface area (Å²) in [6.07, 6.45) is 3.74. The van der Waals surface area contributed by atoms with Crippen molar-refractivity contribution in [1.29, 1.82) is 0 Å². The number of aryl methyl sites for hydroxylation is 1. The van der Waals surface area contributed by atoms with Crippen molar-refractivity contribution < 1.29 is 0 Å². The summed E-state index contributed by atoms with van der Waals surface area (Å²) in [6.45, 7) is 0.703. The van der Waals surface area contributed by atoms with E-state index in [0.717, 1.165) is 16.7 Å². The van der Waals surface area contributed by atoms with Gasteiger partial charge in [0.1, 0.15) is 5.69 Å². The molecule has 5 heteroatoms. The molecule has 0 N–H and O–H groups in total. The van der Waals surface area contributed by atoms with E-state index in [1.165, 1.54) is 0 Å². The fourth-order valence-corrected chi connectivity index (χ4v) is 1.78. The van der Waals surface area contributed by atoms with Gasteiger partial charge >= 0.3 is 0 Å². The second-order valence-corrected chi connectivity index (χ2v) is 3.74. The van der Waals surface area contributed by atoms with Crippen molar-refractivity contribution in [3.8, 4) is 0 Å². The van der Waals surface area contributed by atoms with Gasteiger partial charge in [-0.1, -0.05) is 17.3 Å². The van der Waals surface area contributed by atoms with Gasteiger partial charge in [0.2, 0.25) is 0 Å². The van der Waals surface area contributed by atoms with Crippen molar-refractivity contribution in [2.75, 3.05) is 0 Å². The van der Waals surface area contributed by atoms with E-state index < -0.39 is 0 Å². The SMILES string of the molecule is Cn1cc(Cn2cnc3ccccc32)nn1. The highest BCUT2D eigenvalue weighted by Gasteiger charge is 2.04. The third-order valence-electron chi connectivity index (χ3n) is 2.51. The van der Waals surface area contributed by atoms with Crippen molar-refractivity contribution in [3.63, 3.8) is 0 Å². The highest BCUT2D eigenvalue weighted by atomic mass is 15.4. The first-order chi connectivity index (χ1) is 7.83. The predicted octanol–water partition coefficient (Wildman–Crippen LogP) is 1.21. The van der Waals surface area contributed by atoms with E-state index in [-0.39, 0.29) is 0 Å². The summed E-state index contributed by atoms with van der Waals surface area (Å²) < 4.78 is 3.77. The normalized spacial score (nSPS) is 11.1. The highest BCUT2D eigenvalue weighted by molar-refractivity contribution is 5.74. The number of aromatic nitrogens is 5. The zero-order chi connectivity index (χ0) is 11.0. The van der Waals surface area contributed by atoms with Gasteiger partial charge in [0.05, 0.1) is 23.9 Å².